The molecule has 1 fully saturated rings. The van der Waals surface area contributed by atoms with Crippen molar-refractivity contribution < 1.29 is 14.3 Å². The largest absolute Gasteiger partial charge is 0.493 e. The van der Waals surface area contributed by atoms with E-state index in [1.54, 1.807) is 14.2 Å². The quantitative estimate of drug-likeness (QED) is 0.836. The minimum Gasteiger partial charge on any atom is -0.493 e. The number of carbonyl (C=O) groups excluding carboxylic acids is 1. The van der Waals surface area contributed by atoms with E-state index in [0.717, 1.165) is 23.4 Å². The maximum Gasteiger partial charge on any atom is 0.321 e. The van der Waals surface area contributed by atoms with Crippen LogP contribution in [0.2, 0.25) is 0 Å². The van der Waals surface area contributed by atoms with E-state index in [0.29, 0.717) is 22.5 Å². The van der Waals surface area contributed by atoms with Crippen molar-refractivity contribution in [3.05, 3.63) is 28.8 Å². The van der Waals surface area contributed by atoms with E-state index in [4.69, 9.17) is 9.47 Å². The number of hydrogen-bond acceptors (Lipinski definition) is 6. The molecule has 128 valence electrons. The maximum atomic E-state index is 12.1. The molecule has 1 unspecified atom stereocenters. The number of methoxy groups -OCH3 is 2. The van der Waals surface area contributed by atoms with E-state index in [-0.39, 0.29) is 12.1 Å². The van der Waals surface area contributed by atoms with Crippen molar-refractivity contribution in [1.82, 2.24) is 15.5 Å². The van der Waals surface area contributed by atoms with Crippen LogP contribution in [0.3, 0.4) is 0 Å². The topological polar surface area (TPSA) is 85.4 Å². The Morgan fingerprint density at radius 2 is 2.00 bits per heavy atom. The number of anilines is 1. The average molecular weight is 348 g/mol. The van der Waals surface area contributed by atoms with Gasteiger partial charge >= 0.3 is 6.03 Å². The molecular formula is C16H20N4O3S. The highest BCUT2D eigenvalue weighted by Crippen LogP contribution is 2.42. The fourth-order valence-corrected chi connectivity index (χ4v) is 3.22. The molecule has 1 heterocycles. The number of hydrogen-bond donors (Lipinski definition) is 2. The van der Waals surface area contributed by atoms with Crippen molar-refractivity contribution >= 4 is 22.5 Å². The average Bonchev–Trinajstić information content (AvgIpc) is 3.34. The van der Waals surface area contributed by atoms with Gasteiger partial charge in [0.15, 0.2) is 11.5 Å². The molecule has 1 atom stereocenters. The number of ether oxygens (including phenoxy) is 2. The molecule has 1 aliphatic carbocycles. The summed E-state index contributed by atoms with van der Waals surface area (Å²) in [4.78, 5) is 12.1. The lowest BCUT2D eigenvalue weighted by Gasteiger charge is -2.16. The third kappa shape index (κ3) is 3.76. The first-order valence-electron chi connectivity index (χ1n) is 7.73. The number of aromatic nitrogens is 2. The first kappa shape index (κ1) is 16.5. The minimum absolute atomic E-state index is 0.194. The molecule has 2 N–H and O–H groups in total. The molecular weight excluding hydrogens is 328 g/mol. The number of nitrogens with one attached hydrogen (secondary N) is 2. The second-order valence-corrected chi connectivity index (χ2v) is 6.66. The molecule has 1 aromatic heterocycles. The van der Waals surface area contributed by atoms with Crippen molar-refractivity contribution in [3.63, 3.8) is 0 Å². The lowest BCUT2D eigenvalue weighted by molar-refractivity contribution is 0.249. The zero-order valence-corrected chi connectivity index (χ0v) is 14.6. The molecule has 3 rings (SSSR count). The fourth-order valence-electron chi connectivity index (χ4n) is 2.32. The molecule has 1 aromatic carbocycles. The summed E-state index contributed by atoms with van der Waals surface area (Å²) < 4.78 is 10.5. The zero-order chi connectivity index (χ0) is 17.1. The van der Waals surface area contributed by atoms with E-state index in [2.05, 4.69) is 20.8 Å². The predicted octanol–water partition coefficient (Wildman–Crippen LogP) is 3.32. The molecule has 0 bridgehead atoms. The van der Waals surface area contributed by atoms with E-state index in [1.165, 1.54) is 11.3 Å². The molecule has 8 heteroatoms. The summed E-state index contributed by atoms with van der Waals surface area (Å²) in [5.74, 6) is 1.81. The molecule has 24 heavy (non-hydrogen) atoms. The van der Waals surface area contributed by atoms with Crippen LogP contribution in [0.5, 0.6) is 11.5 Å². The summed E-state index contributed by atoms with van der Waals surface area (Å²) in [6, 6.07) is 5.05. The number of carbonyl (C=O) groups is 1. The van der Waals surface area contributed by atoms with Crippen LogP contribution in [0, 0.1) is 0 Å². The van der Waals surface area contributed by atoms with Crippen LogP contribution in [0.4, 0.5) is 9.93 Å². The Hall–Kier alpha value is -2.35. The van der Waals surface area contributed by atoms with Gasteiger partial charge in [-0.3, -0.25) is 5.32 Å². The van der Waals surface area contributed by atoms with E-state index < -0.39 is 0 Å². The third-order valence-electron chi connectivity index (χ3n) is 3.84. The highest BCUT2D eigenvalue weighted by Gasteiger charge is 2.27. The Labute approximate surface area is 144 Å². The van der Waals surface area contributed by atoms with Crippen LogP contribution >= 0.6 is 11.3 Å². The summed E-state index contributed by atoms with van der Waals surface area (Å²) in [7, 11) is 3.17. The molecule has 0 saturated heterocycles. The predicted molar refractivity (Wildman–Crippen MR) is 92.0 cm³/mol. The van der Waals surface area contributed by atoms with Gasteiger partial charge in [-0.1, -0.05) is 17.4 Å². The van der Waals surface area contributed by atoms with Crippen LogP contribution in [0.15, 0.2) is 18.2 Å². The number of nitrogens with zero attached hydrogens (tertiary/aromatic N) is 2. The van der Waals surface area contributed by atoms with Gasteiger partial charge in [0.2, 0.25) is 5.13 Å². The molecule has 2 aromatic rings. The first-order valence-corrected chi connectivity index (χ1v) is 8.55. The Bertz CT molecular complexity index is 730. The van der Waals surface area contributed by atoms with Gasteiger partial charge in [0.25, 0.3) is 0 Å². The van der Waals surface area contributed by atoms with E-state index >= 15 is 0 Å². The highest BCUT2D eigenvalue weighted by molar-refractivity contribution is 7.15. The molecule has 1 saturated carbocycles. The Kier molecular flexibility index (Phi) is 4.84. The molecule has 0 aliphatic heterocycles. The second-order valence-electron chi connectivity index (χ2n) is 5.65. The van der Waals surface area contributed by atoms with E-state index in [1.807, 2.05) is 25.1 Å². The minimum atomic E-state index is -0.309. The maximum absolute atomic E-state index is 12.1. The smallest absolute Gasteiger partial charge is 0.321 e. The number of amides is 2. The van der Waals surface area contributed by atoms with Crippen LogP contribution < -0.4 is 20.1 Å². The van der Waals surface area contributed by atoms with Crippen LogP contribution in [-0.2, 0) is 0 Å². The van der Waals surface area contributed by atoms with Crippen molar-refractivity contribution in [2.45, 2.75) is 31.7 Å². The Morgan fingerprint density at radius 3 is 2.67 bits per heavy atom. The van der Waals surface area contributed by atoms with Gasteiger partial charge in [-0.25, -0.2) is 4.79 Å². The summed E-state index contributed by atoms with van der Waals surface area (Å²) in [5, 5.41) is 15.2. The Morgan fingerprint density at radius 1 is 1.25 bits per heavy atom. The van der Waals surface area contributed by atoms with Crippen LogP contribution in [0.1, 0.15) is 42.3 Å². The monoisotopic (exact) mass is 348 g/mol. The summed E-state index contributed by atoms with van der Waals surface area (Å²) in [6.45, 7) is 1.90. The molecule has 2 amide bonds. The van der Waals surface area contributed by atoms with Crippen LogP contribution in [0.25, 0.3) is 0 Å². The standard InChI is InChI=1S/C16H20N4O3S/c1-9(11-6-7-12(22-2)13(8-11)23-3)17-15(21)18-16-20-19-14(24-16)10-4-5-10/h6-10H,4-5H2,1-3H3,(H2,17,18,20,21). The summed E-state index contributed by atoms with van der Waals surface area (Å²) in [6.07, 6.45) is 2.33. The number of benzene rings is 1. The normalized spacial score (nSPS) is 14.8. The summed E-state index contributed by atoms with van der Waals surface area (Å²) in [5.41, 5.74) is 0.915. The lowest BCUT2D eigenvalue weighted by Crippen LogP contribution is -2.31. The van der Waals surface area contributed by atoms with Crippen molar-refractivity contribution in [2.75, 3.05) is 19.5 Å². The van der Waals surface area contributed by atoms with Gasteiger partial charge in [-0.2, -0.15) is 0 Å². The number of rotatable bonds is 6. The van der Waals surface area contributed by atoms with Gasteiger partial charge in [0, 0.05) is 5.92 Å². The molecule has 1 aliphatic rings. The van der Waals surface area contributed by atoms with Gasteiger partial charge in [0.1, 0.15) is 5.01 Å². The highest BCUT2D eigenvalue weighted by atomic mass is 32.1. The molecule has 0 spiro atoms. The molecule has 0 radical (unpaired) electrons. The van der Waals surface area contributed by atoms with Gasteiger partial charge in [0.05, 0.1) is 20.3 Å². The lowest BCUT2D eigenvalue weighted by atomic mass is 10.1. The molecule has 7 nitrogen and oxygen atoms in total. The zero-order valence-electron chi connectivity index (χ0n) is 13.8. The van der Waals surface area contributed by atoms with Gasteiger partial charge in [-0.05, 0) is 37.5 Å². The SMILES string of the molecule is COc1ccc(C(C)NC(=O)Nc2nnc(C3CC3)s2)cc1OC. The fraction of sp³-hybridized carbons (Fsp3) is 0.438. The van der Waals surface area contributed by atoms with Crippen molar-refractivity contribution in [3.8, 4) is 11.5 Å². The van der Waals surface area contributed by atoms with Gasteiger partial charge < -0.3 is 14.8 Å². The van der Waals surface area contributed by atoms with Gasteiger partial charge in [-0.15, -0.1) is 10.2 Å². The number of urea groups is 1. The van der Waals surface area contributed by atoms with Crippen molar-refractivity contribution in [2.24, 2.45) is 0 Å². The van der Waals surface area contributed by atoms with E-state index in [9.17, 15) is 4.79 Å². The second kappa shape index (κ2) is 7.04. The Balaban J connectivity index is 1.60. The third-order valence-corrected chi connectivity index (χ3v) is 4.84. The first-order chi connectivity index (χ1) is 11.6. The summed E-state index contributed by atoms with van der Waals surface area (Å²) >= 11 is 1.44. The van der Waals surface area contributed by atoms with Crippen LogP contribution in [-0.4, -0.2) is 30.4 Å². The van der Waals surface area contributed by atoms with Crippen molar-refractivity contribution in [1.29, 1.82) is 0 Å².